The maximum absolute atomic E-state index is 11.8. The van der Waals surface area contributed by atoms with Crippen molar-refractivity contribution in [3.63, 3.8) is 0 Å². The summed E-state index contributed by atoms with van der Waals surface area (Å²) in [5.41, 5.74) is 0. The Morgan fingerprint density at radius 3 is 2.56 bits per heavy atom. The van der Waals surface area contributed by atoms with Gasteiger partial charge in [-0.1, -0.05) is 0 Å². The van der Waals surface area contributed by atoms with Crippen LogP contribution in [0.3, 0.4) is 0 Å². The molecule has 0 spiro atoms. The molecule has 0 saturated carbocycles. The van der Waals surface area contributed by atoms with Crippen molar-refractivity contribution in [3.8, 4) is 0 Å². The predicted molar refractivity (Wildman–Crippen MR) is 68.4 cm³/mol. The van der Waals surface area contributed by atoms with Gasteiger partial charge in [0.25, 0.3) is 0 Å². The second-order valence-corrected chi connectivity index (χ2v) is 23.0. The summed E-state index contributed by atoms with van der Waals surface area (Å²) in [6.45, 7) is 6.90. The minimum absolute atomic E-state index is 0. The fourth-order valence-electron chi connectivity index (χ4n) is 1.79. The van der Waals surface area contributed by atoms with Crippen LogP contribution in [0.25, 0.3) is 0 Å². The van der Waals surface area contributed by atoms with Gasteiger partial charge in [-0.25, -0.2) is 0 Å². The van der Waals surface area contributed by atoms with Gasteiger partial charge in [0.15, 0.2) is 0 Å². The Kier molecular flexibility index (Phi) is 13.3. The molecule has 0 radical (unpaired) electrons. The Morgan fingerprint density at radius 1 is 1.44 bits per heavy atom. The molecule has 1 aliphatic carbocycles. The normalized spacial score (nSPS) is 12.6. The van der Waals surface area contributed by atoms with Crippen LogP contribution < -0.4 is 28.1 Å². The number of hydrogen-bond acceptors (Lipinski definition) is 1. The molecule has 1 N–H and O–H groups in total. The Hall–Kier alpha value is 0.630. The van der Waals surface area contributed by atoms with E-state index >= 15 is 0 Å². The maximum Gasteiger partial charge on any atom is -1.00 e. The van der Waals surface area contributed by atoms with Crippen LogP contribution >= 0.6 is 0 Å². The van der Waals surface area contributed by atoms with Crippen molar-refractivity contribution in [2.24, 2.45) is 0 Å². The van der Waals surface area contributed by atoms with Crippen LogP contribution in [0.2, 0.25) is 13.1 Å². The average Bonchev–Trinajstić information content (AvgIpc) is 2.75. The molecule has 1 aliphatic rings. The van der Waals surface area contributed by atoms with Crippen LogP contribution in [0.4, 0.5) is 0 Å². The third-order valence-electron chi connectivity index (χ3n) is 2.73. The van der Waals surface area contributed by atoms with Crippen LogP contribution in [0, 0.1) is 0 Å². The Labute approximate surface area is 132 Å². The zero-order valence-corrected chi connectivity index (χ0v) is 16.4. The summed E-state index contributed by atoms with van der Waals surface area (Å²) in [5, 5.41) is 0. The van der Waals surface area contributed by atoms with E-state index in [1.165, 1.54) is 0 Å². The number of hydrogen-bond donors (Lipinski definition) is 1. The summed E-state index contributed by atoms with van der Waals surface area (Å²) in [5.74, 6) is -0.362. The van der Waals surface area contributed by atoms with Crippen molar-refractivity contribution in [2.75, 3.05) is 0 Å². The second kappa shape index (κ2) is 11.5. The van der Waals surface area contributed by atoms with E-state index in [4.69, 9.17) is 0 Å². The summed E-state index contributed by atoms with van der Waals surface area (Å²) in [6.07, 6.45) is 10.6. The number of amides is 1. The molecule has 103 valence electrons. The molecule has 0 unspecified atom stereocenters. The molecule has 0 aromatic heterocycles. The van der Waals surface area contributed by atoms with Crippen molar-refractivity contribution in [1.82, 2.24) is 3.26 Å². The van der Waals surface area contributed by atoms with E-state index in [0.29, 0.717) is 5.91 Å². The summed E-state index contributed by atoms with van der Waals surface area (Å²) < 4.78 is 5.00. The van der Waals surface area contributed by atoms with Crippen molar-refractivity contribution >= 4 is 11.8 Å². The molecule has 6 heteroatoms. The van der Waals surface area contributed by atoms with Crippen LogP contribution in [-0.4, -0.2) is 11.8 Å². The van der Waals surface area contributed by atoms with Crippen molar-refractivity contribution < 1.29 is 50.8 Å². The molecule has 1 amide bonds. The molecule has 0 heterocycles. The minimum Gasteiger partial charge on any atom is -1.00 e. The summed E-state index contributed by atoms with van der Waals surface area (Å²) in [7, 11) is 0. The van der Waals surface area contributed by atoms with Crippen LogP contribution in [0.5, 0.6) is 0 Å². The van der Waals surface area contributed by atoms with Crippen molar-refractivity contribution in [1.29, 1.82) is 0 Å². The van der Waals surface area contributed by atoms with Crippen molar-refractivity contribution in [3.05, 3.63) is 21.5 Å². The van der Waals surface area contributed by atoms with Gasteiger partial charge in [-0.15, -0.1) is 0 Å². The Bertz CT molecular complexity index is 308. The molecule has 0 aromatic carbocycles. The van der Waals surface area contributed by atoms with E-state index < -0.39 is 27.1 Å². The molecule has 0 aromatic rings. The quantitative estimate of drug-likeness (QED) is 0.476. The first kappa shape index (κ1) is 20.9. The fraction of sp³-hybridized carbons (Fsp3) is 0.583. The van der Waals surface area contributed by atoms with Gasteiger partial charge in [0.05, 0.1) is 0 Å². The van der Waals surface area contributed by atoms with Gasteiger partial charge in [-0.3, -0.25) is 0 Å². The standard InChI is InChI=1S/C5H11NO.C5H5.C2H7Si.2ClH.Zr/c1-2-3-4-5(6)7;1-2-4-5-3-1;1-3-2;;;/h2-4H2,1H3,(H2,6,7);1-3H,4H2;3H,1-2H3;2*1H;/q;;;;;+3/p-3. The molecule has 0 fully saturated rings. The molecular weight excluding hydrogens is 364 g/mol. The fourth-order valence-corrected chi connectivity index (χ4v) is 15.6. The maximum atomic E-state index is 11.8. The Balaban J connectivity index is 0. The van der Waals surface area contributed by atoms with Gasteiger partial charge in [-0.05, 0) is 0 Å². The topological polar surface area (TPSA) is 29.1 Å². The molecule has 0 atom stereocenters. The number of unbranched alkanes of at least 4 members (excludes halogenated alkanes) is 1. The molecule has 0 bridgehead atoms. The first-order chi connectivity index (χ1) is 7.65. The molecule has 2 nitrogen and oxygen atoms in total. The second-order valence-electron chi connectivity index (χ2n) is 4.54. The van der Waals surface area contributed by atoms with Gasteiger partial charge in [-0.2, -0.15) is 0 Å². The van der Waals surface area contributed by atoms with E-state index in [-0.39, 0.29) is 24.8 Å². The SMILES string of the molecule is CCCCC(=O)[NH][Zr+2]([C]1=CC=CC1)[SiH](C)C.[Cl-].[Cl-]. The zero-order chi connectivity index (χ0) is 12.0. The van der Waals surface area contributed by atoms with Crippen LogP contribution in [0.15, 0.2) is 21.5 Å². The largest absolute Gasteiger partial charge is 1.00 e. The first-order valence-electron chi connectivity index (χ1n) is 6.18. The smallest absolute Gasteiger partial charge is 1.00 e. The number of carbonyl (C=O) groups excluding carboxylic acids is 1. The summed E-state index contributed by atoms with van der Waals surface area (Å²) >= 11 is -1.73. The number of rotatable bonds is 6. The average molecular weight is 387 g/mol. The molecule has 0 aliphatic heterocycles. The third-order valence-corrected chi connectivity index (χ3v) is 19.4. The number of nitrogens with one attached hydrogen (secondary N) is 1. The van der Waals surface area contributed by atoms with Crippen LogP contribution in [0.1, 0.15) is 32.6 Å². The molecule has 1 rings (SSSR count). The van der Waals surface area contributed by atoms with Crippen molar-refractivity contribution in [2.45, 2.75) is 45.7 Å². The van der Waals surface area contributed by atoms with Gasteiger partial charge in [0.2, 0.25) is 0 Å². The van der Waals surface area contributed by atoms with E-state index in [0.717, 1.165) is 25.7 Å². The molecular formula is C12H22Cl2NOSiZr. The van der Waals surface area contributed by atoms with Gasteiger partial charge in [0.1, 0.15) is 0 Å². The predicted octanol–water partition coefficient (Wildman–Crippen LogP) is -3.34. The third kappa shape index (κ3) is 7.28. The van der Waals surface area contributed by atoms with E-state index in [1.54, 1.807) is 3.28 Å². The van der Waals surface area contributed by atoms with Crippen LogP contribution in [-0.2, 0) is 26.0 Å². The molecule has 0 saturated heterocycles. The summed E-state index contributed by atoms with van der Waals surface area (Å²) in [4.78, 5) is 11.8. The number of halogens is 2. The Morgan fingerprint density at radius 2 is 2.11 bits per heavy atom. The minimum atomic E-state index is -1.73. The van der Waals surface area contributed by atoms with E-state index in [9.17, 15) is 4.79 Å². The van der Waals surface area contributed by atoms with E-state index in [1.807, 2.05) is 0 Å². The number of allylic oxidation sites excluding steroid dienone is 4. The zero-order valence-electron chi connectivity index (χ0n) is 11.3. The number of carbonyl (C=O) groups is 1. The van der Waals surface area contributed by atoms with Gasteiger partial charge in [0, 0.05) is 0 Å². The van der Waals surface area contributed by atoms with Gasteiger partial charge < -0.3 is 24.8 Å². The van der Waals surface area contributed by atoms with Gasteiger partial charge >= 0.3 is 108 Å². The monoisotopic (exact) mass is 384 g/mol. The first-order valence-corrected chi connectivity index (χ1v) is 15.8. The molecule has 18 heavy (non-hydrogen) atoms. The summed E-state index contributed by atoms with van der Waals surface area (Å²) in [6, 6.07) is 0. The van der Waals surface area contributed by atoms with E-state index in [2.05, 4.69) is 41.5 Å².